The lowest BCUT2D eigenvalue weighted by molar-refractivity contribution is -0.0764. The van der Waals surface area contributed by atoms with Crippen molar-refractivity contribution in [2.24, 2.45) is 0 Å². The van der Waals surface area contributed by atoms with Crippen molar-refractivity contribution in [3.8, 4) is 37.0 Å². The van der Waals surface area contributed by atoms with Gasteiger partial charge in [0.25, 0.3) is 16.7 Å². The molecular weight excluding hydrogens is 1850 g/mol. The number of aliphatic hydroxyl groups is 7. The van der Waals surface area contributed by atoms with Crippen LogP contribution in [0.4, 0.5) is 11.4 Å². The van der Waals surface area contributed by atoms with Gasteiger partial charge in [-0.2, -0.15) is 21.6 Å². The molecule has 4 unspecified atom stereocenters. The van der Waals surface area contributed by atoms with Crippen LogP contribution in [-0.4, -0.2) is 249 Å². The summed E-state index contributed by atoms with van der Waals surface area (Å²) in [5.74, 6) is 5.54. The number of benzene rings is 2. The summed E-state index contributed by atoms with van der Waals surface area (Å²) in [6.45, 7) is 7.24. The molecule has 22 N–H and O–H groups in total. The van der Waals surface area contributed by atoms with E-state index >= 15 is 0 Å². The normalized spacial score (nSPS) is 25.0. The van der Waals surface area contributed by atoms with Gasteiger partial charge >= 0.3 is 84.9 Å². The van der Waals surface area contributed by atoms with Crippen LogP contribution in [0.2, 0.25) is 0 Å². The summed E-state index contributed by atoms with van der Waals surface area (Å²) in [7, 11) is -35.6. The van der Waals surface area contributed by atoms with Crippen molar-refractivity contribution in [1.29, 1.82) is 0 Å². The zero-order valence-corrected chi connectivity index (χ0v) is 71.5. The topological polar surface area (TPSA) is 805 Å². The molecular formula is C53H79Cl3N9O44P9. The molecule has 65 heteroatoms. The number of halogens is 3. The van der Waals surface area contributed by atoms with Gasteiger partial charge in [0.1, 0.15) is 36.6 Å². The predicted molar refractivity (Wildman–Crippen MR) is 408 cm³/mol. The average molecular weight is 1930 g/mol. The summed E-state index contributed by atoms with van der Waals surface area (Å²) in [5, 5.41) is 70.0. The molecule has 5 aromatic rings. The van der Waals surface area contributed by atoms with Crippen LogP contribution < -0.4 is 43.5 Å². The first-order chi connectivity index (χ1) is 53.6. The number of terminal acetylenes is 3. The highest BCUT2D eigenvalue weighted by molar-refractivity contribution is 8.24. The molecule has 0 saturated carbocycles. The summed E-state index contributed by atoms with van der Waals surface area (Å²) in [4.78, 5) is 183. The summed E-state index contributed by atoms with van der Waals surface area (Å²) >= 11 is 13.8. The number of rotatable bonds is 25. The van der Waals surface area contributed by atoms with Gasteiger partial charge in [-0.3, -0.25) is 56.6 Å². The summed E-state index contributed by atoms with van der Waals surface area (Å²) in [6, 6.07) is 15.6. The number of H-pyrrole nitrogens is 3. The van der Waals surface area contributed by atoms with Crippen LogP contribution in [0.25, 0.3) is 10.8 Å². The Kier molecular flexibility index (Phi) is 40.9. The van der Waals surface area contributed by atoms with Crippen LogP contribution in [0, 0.1) is 37.0 Å². The smallest absolute Gasteiger partial charge is 0.394 e. The second-order valence-corrected chi connectivity index (χ2v) is 41.4. The maximum Gasteiger partial charge on any atom is 0.490 e. The SMILES string of the molecule is C#C[C@@]1(O)[C@H](O)[C@@H](CO)O[C@H]1n1ccc(=O)[nH]c1=O.C#C[C@@]1(O)[C@H](O)[C@@H](COP(=O)(O)OP(=O)(O)OP(=O)(O)O)O[C@H]1n1ccc(=O)[nH]c1=O.C#C[C@@]1(O)[C@H](O)[C@@H](COP(=O)(O)OP(=O)(O)OP(=O)(O)O)O[C@H]1n1ccc(=O)[nH]c1=O.CCN(CC)CC.CN(C)c1cccc2cccc(N(C)C)c12.O=P(Cl)(Cl)Cl.O=P(O)(O)OP(=O)(O)O. The van der Waals surface area contributed by atoms with Crippen molar-refractivity contribution in [1.82, 2.24) is 33.6 Å². The first-order valence-electron chi connectivity index (χ1n) is 31.4. The molecule has 3 aromatic heterocycles. The Morgan fingerprint density at radius 1 is 0.449 bits per heavy atom. The molecule has 0 bridgehead atoms. The first kappa shape index (κ1) is 109. The fourth-order valence-corrected chi connectivity index (χ4v) is 16.8. The van der Waals surface area contributed by atoms with Crippen LogP contribution in [0.5, 0.6) is 0 Å². The molecule has 3 aliphatic heterocycles. The van der Waals surface area contributed by atoms with Crippen molar-refractivity contribution >= 4 is 124 Å². The predicted octanol–water partition coefficient (Wildman–Crippen LogP) is -1.52. The van der Waals surface area contributed by atoms with E-state index in [0.29, 0.717) is 9.13 Å². The zero-order chi connectivity index (χ0) is 91.5. The van der Waals surface area contributed by atoms with Gasteiger partial charge in [-0.15, -0.1) is 19.3 Å². The fourth-order valence-electron chi connectivity index (χ4n) is 9.66. The highest BCUT2D eigenvalue weighted by Gasteiger charge is 2.59. The number of nitrogens with one attached hydrogen (secondary N) is 3. The molecule has 3 saturated heterocycles. The maximum atomic E-state index is 11.9. The Morgan fingerprint density at radius 3 is 0.924 bits per heavy atom. The van der Waals surface area contributed by atoms with Gasteiger partial charge in [-0.05, 0) is 70.9 Å². The number of nitrogens with zero attached hydrogens (tertiary/aromatic N) is 6. The molecule has 16 atom stereocenters. The number of hydrogen-bond acceptors (Lipinski definition) is 35. The van der Waals surface area contributed by atoms with Gasteiger partial charge in [-0.25, -0.2) is 50.9 Å². The summed E-state index contributed by atoms with van der Waals surface area (Å²) in [6.07, 6.45) is 3.07. The Morgan fingerprint density at radius 2 is 0.712 bits per heavy atom. The second kappa shape index (κ2) is 44.4. The van der Waals surface area contributed by atoms with Gasteiger partial charge < -0.3 is 123 Å². The average Bonchev–Trinajstić information content (AvgIpc) is 1.61. The Hall–Kier alpha value is -5.24. The number of aromatic amines is 3. The standard InChI is InChI=1S/C14H18N2.2C11H15N2O15P3.C11H12N2O6.C6H15N.Cl3OP.H4O7P2/c1-15(2)12-9-5-7-11-8-6-10-13(14(11)12)16(3)4;2*1-2-11(17)8(15)6(26-9(11)13-4-3-7(14)12-10(13)16)5-25-30(21,22)28-31(23,24)27-29(18,19)20;1-2-11(18)8(16)6(5-14)19-9(11)13-4-3-7(15)12-10(13)17;1-4-7(5-2)6-3;1-5(2,3)4;1-8(2,3)7-9(4,5)6/h5-10H,1-4H3;2*1,3-4,6,8-9,15,17H,5H2,(H,21,22)(H,23,24)(H,12,14,16)(H2,18,19,20);1,3-4,6,8-9,14,16,18H,5H2,(H,12,15,17);4-6H2,1-3H3;;(H2,1,2,3)(H2,4,5,6)/t;3*6-,8-,9-,11-;;;/m.111.../s1. The minimum absolute atomic E-state index is 0.584. The van der Waals surface area contributed by atoms with Gasteiger partial charge in [0.05, 0.1) is 19.8 Å². The number of hydrogen-bond donors (Lipinski definition) is 22. The van der Waals surface area contributed by atoms with Gasteiger partial charge in [-0.1, -0.05) is 62.8 Å². The zero-order valence-electron chi connectivity index (χ0n) is 61.1. The number of fused-ring (bicyclic) bond motifs is 1. The van der Waals surface area contributed by atoms with Crippen molar-refractivity contribution < 1.29 is 180 Å². The molecule has 3 aliphatic rings. The maximum absolute atomic E-state index is 11.9. The number of phosphoric ester groups is 2. The fraction of sp³-hybridized carbons (Fsp3) is 0.472. The second-order valence-electron chi connectivity index (χ2n) is 23.4. The molecule has 118 heavy (non-hydrogen) atoms. The molecule has 0 amide bonds. The number of aromatic nitrogens is 6. The third-order valence-corrected chi connectivity index (χ3v) is 24.0. The number of aliphatic hydroxyl groups excluding tert-OH is 4. The van der Waals surface area contributed by atoms with Crippen LogP contribution in [0.15, 0.2) is 102 Å². The monoisotopic (exact) mass is 1930 g/mol. The summed E-state index contributed by atoms with van der Waals surface area (Å²) in [5.41, 5.74) is -10.1. The van der Waals surface area contributed by atoms with E-state index in [2.05, 4.69) is 164 Å². The van der Waals surface area contributed by atoms with E-state index in [1.165, 1.54) is 41.8 Å². The highest BCUT2D eigenvalue weighted by atomic mass is 36.0. The molecule has 0 spiro atoms. The molecule has 6 heterocycles. The molecule has 2 aromatic carbocycles. The van der Waals surface area contributed by atoms with E-state index in [-0.39, 0.29) is 0 Å². The van der Waals surface area contributed by atoms with Crippen molar-refractivity contribution in [2.45, 2.75) is 92.9 Å². The minimum atomic E-state index is -5.78. The van der Waals surface area contributed by atoms with E-state index < -0.39 is 193 Å². The van der Waals surface area contributed by atoms with Gasteiger partial charge in [0, 0.05) is 81.7 Å². The van der Waals surface area contributed by atoms with E-state index in [1.807, 2.05) is 20.9 Å². The van der Waals surface area contributed by atoms with E-state index in [9.17, 15) is 110 Å². The molecule has 666 valence electrons. The van der Waals surface area contributed by atoms with Crippen LogP contribution in [0.1, 0.15) is 39.5 Å². The van der Waals surface area contributed by atoms with Crippen molar-refractivity contribution in [3.05, 3.63) is 136 Å². The lowest BCUT2D eigenvalue weighted by Crippen LogP contribution is -2.48. The van der Waals surface area contributed by atoms with Crippen LogP contribution in [-0.2, 0) is 85.9 Å². The van der Waals surface area contributed by atoms with Crippen molar-refractivity contribution in [3.63, 3.8) is 0 Å². The number of phosphoric acid groups is 8. The third kappa shape index (κ3) is 34.5. The highest BCUT2D eigenvalue weighted by Crippen LogP contribution is 2.68. The Balaban J connectivity index is 0.000000503. The Labute approximate surface area is 677 Å². The first-order valence-corrected chi connectivity index (χ1v) is 47.9. The number of ether oxygens (including phenoxy) is 3. The van der Waals surface area contributed by atoms with E-state index in [1.54, 1.807) is 11.8 Å². The molecule has 0 aliphatic carbocycles. The minimum Gasteiger partial charge on any atom is -0.394 e. The lowest BCUT2D eigenvalue weighted by atomic mass is 9.95. The molecule has 0 radical (unpaired) electrons. The van der Waals surface area contributed by atoms with E-state index in [4.69, 9.17) is 87.5 Å². The number of anilines is 2. The van der Waals surface area contributed by atoms with Crippen LogP contribution >= 0.6 is 102 Å². The van der Waals surface area contributed by atoms with Gasteiger partial charge in [0.15, 0.2) is 35.5 Å². The van der Waals surface area contributed by atoms with Crippen LogP contribution in [0.3, 0.4) is 0 Å². The molecule has 53 nitrogen and oxygen atoms in total. The largest absolute Gasteiger partial charge is 0.490 e. The molecule has 8 rings (SSSR count). The molecule has 3 fully saturated rings. The van der Waals surface area contributed by atoms with E-state index in [0.717, 1.165) is 41.4 Å². The van der Waals surface area contributed by atoms with Crippen molar-refractivity contribution in [2.75, 3.05) is 77.4 Å². The Bertz CT molecular complexity index is 4980. The lowest BCUT2D eigenvalue weighted by Gasteiger charge is -2.26. The van der Waals surface area contributed by atoms with Gasteiger partial charge in [0.2, 0.25) is 0 Å². The third-order valence-electron chi connectivity index (χ3n) is 14.6. The quantitative estimate of drug-likeness (QED) is 0.0233. The summed E-state index contributed by atoms with van der Waals surface area (Å²) < 4.78 is 139.